The van der Waals surface area contributed by atoms with E-state index in [1.165, 1.54) is 29.2 Å². The second-order valence-corrected chi connectivity index (χ2v) is 16.0. The van der Waals surface area contributed by atoms with Crippen LogP contribution in [0.25, 0.3) is 22.9 Å². The molecule has 2 aliphatic heterocycles. The Morgan fingerprint density at radius 2 is 1.03 bits per heavy atom. The second kappa shape index (κ2) is 22.6. The molecule has 0 aliphatic carbocycles. The first-order chi connectivity index (χ1) is 32.5. The Labute approximate surface area is 396 Å². The van der Waals surface area contributed by atoms with Gasteiger partial charge in [0.2, 0.25) is 29.5 Å². The molecule has 2 aliphatic rings. The summed E-state index contributed by atoms with van der Waals surface area (Å²) in [6, 6.07) is 25.4. The van der Waals surface area contributed by atoms with Crippen LogP contribution < -0.4 is 15.1 Å². The minimum atomic E-state index is -4.81. The van der Waals surface area contributed by atoms with Crippen molar-refractivity contribution in [3.8, 4) is 22.9 Å². The van der Waals surface area contributed by atoms with Crippen molar-refractivity contribution in [2.24, 2.45) is 11.8 Å². The predicted molar refractivity (Wildman–Crippen MR) is 237 cm³/mol. The van der Waals surface area contributed by atoms with Gasteiger partial charge in [0.1, 0.15) is 11.6 Å². The molecule has 4 heterocycles. The highest BCUT2D eigenvalue weighted by Gasteiger charge is 2.39. The number of halogens is 9. The van der Waals surface area contributed by atoms with Crippen molar-refractivity contribution in [1.29, 1.82) is 0 Å². The normalized spacial score (nSPS) is 14.6. The molecule has 22 heteroatoms. The van der Waals surface area contributed by atoms with Gasteiger partial charge in [-0.05, 0) is 87.3 Å². The van der Waals surface area contributed by atoms with Crippen molar-refractivity contribution in [2.75, 3.05) is 36.0 Å². The van der Waals surface area contributed by atoms with E-state index in [2.05, 4.69) is 34.5 Å². The number of benzene rings is 4. The van der Waals surface area contributed by atoms with Crippen LogP contribution in [-0.2, 0) is 39.8 Å². The van der Waals surface area contributed by atoms with Crippen LogP contribution in [0.4, 0.5) is 46.5 Å². The van der Waals surface area contributed by atoms with Crippen LogP contribution in [0.1, 0.15) is 61.9 Å². The zero-order valence-electron chi connectivity index (χ0n) is 36.8. The van der Waals surface area contributed by atoms with E-state index in [1.54, 1.807) is 71.3 Å². The summed E-state index contributed by atoms with van der Waals surface area (Å²) in [5.41, 5.74) is 1.63. The molecule has 2 aromatic heterocycles. The Balaban J connectivity index is 0.000000225. The first-order valence-electron chi connectivity index (χ1n) is 21.6. The quantitative estimate of drug-likeness (QED) is 0.124. The Morgan fingerprint density at radius 3 is 1.39 bits per heavy atom. The fourth-order valence-corrected chi connectivity index (χ4v) is 7.78. The van der Waals surface area contributed by atoms with Crippen LogP contribution in [0.2, 0.25) is 0 Å². The Morgan fingerprint density at radius 1 is 0.623 bits per heavy atom. The first kappa shape index (κ1) is 51.6. The molecular weight excluding hydrogens is 944 g/mol. The highest BCUT2D eigenvalue weighted by molar-refractivity contribution is 5.96. The molecule has 4 aromatic carbocycles. The van der Waals surface area contributed by atoms with Crippen LogP contribution in [0.5, 0.6) is 0 Å². The molecule has 2 fully saturated rings. The van der Waals surface area contributed by atoms with Gasteiger partial charge in [-0.25, -0.2) is 8.78 Å². The van der Waals surface area contributed by atoms with Gasteiger partial charge in [0, 0.05) is 65.0 Å². The van der Waals surface area contributed by atoms with E-state index in [0.29, 0.717) is 56.6 Å². The largest absolute Gasteiger partial charge is 0.470 e. The standard InChI is InChI=1S/C25H24F4N4O3.C22H20F4N4O2.ClH/c1-2-21(34)32-12-10-16(11-13-32)23(35)33(19-6-4-3-5-7-19)15-18-9-8-17(14-20(18)26)22-30-31-24(36-22)25(27,28)29;23-18-12-15(19-28-29-21(32-19)22(24,25)26)6-7-16(18)13-30(17-4-2-1-3-5-17)20(31)14-8-10-27-11-9-14;/h3-9,14,16H,2,10-13,15H2,1H3;1-7,12,14,27H,8-11,13H2;1H. The van der Waals surface area contributed by atoms with Crippen molar-refractivity contribution in [2.45, 2.75) is 64.5 Å². The van der Waals surface area contributed by atoms with E-state index in [-0.39, 0.29) is 77.3 Å². The first-order valence-corrected chi connectivity index (χ1v) is 21.6. The van der Waals surface area contributed by atoms with Crippen molar-refractivity contribution < 1.29 is 58.3 Å². The second-order valence-electron chi connectivity index (χ2n) is 16.0. The monoisotopic (exact) mass is 988 g/mol. The molecule has 0 saturated carbocycles. The number of alkyl halides is 6. The van der Waals surface area contributed by atoms with Crippen LogP contribution >= 0.6 is 12.4 Å². The number of nitrogens with zero attached hydrogens (tertiary/aromatic N) is 7. The van der Waals surface area contributed by atoms with Crippen molar-refractivity contribution >= 4 is 41.5 Å². The number of carbonyl (C=O) groups excluding carboxylic acids is 3. The zero-order valence-corrected chi connectivity index (χ0v) is 37.6. The number of hydrogen-bond donors (Lipinski definition) is 1. The molecule has 0 radical (unpaired) electrons. The molecule has 13 nitrogen and oxygen atoms in total. The van der Waals surface area contributed by atoms with E-state index in [9.17, 15) is 45.1 Å². The summed E-state index contributed by atoms with van der Waals surface area (Å²) in [6.45, 7) is 4.15. The Kier molecular flexibility index (Phi) is 16.9. The van der Waals surface area contributed by atoms with Crippen LogP contribution in [0, 0.1) is 23.5 Å². The maximum atomic E-state index is 15.0. The number of anilines is 2. The van der Waals surface area contributed by atoms with Crippen molar-refractivity contribution in [3.63, 3.8) is 0 Å². The van der Waals surface area contributed by atoms with Gasteiger partial charge in [-0.2, -0.15) is 26.3 Å². The van der Waals surface area contributed by atoms with E-state index < -0.39 is 47.5 Å². The number of nitrogens with one attached hydrogen (secondary N) is 1. The number of likely N-dealkylation sites (tertiary alicyclic amines) is 1. The number of aromatic nitrogens is 4. The topological polar surface area (TPSA) is 151 Å². The number of hydrogen-bond acceptors (Lipinski definition) is 10. The summed E-state index contributed by atoms with van der Waals surface area (Å²) >= 11 is 0. The molecule has 1 N–H and O–H groups in total. The highest BCUT2D eigenvalue weighted by Crippen LogP contribution is 2.34. The number of amides is 3. The van der Waals surface area contributed by atoms with Crippen LogP contribution in [0.15, 0.2) is 106 Å². The molecule has 0 spiro atoms. The molecule has 2 saturated heterocycles. The van der Waals surface area contributed by atoms with E-state index in [1.807, 2.05) is 6.07 Å². The van der Waals surface area contributed by atoms with E-state index in [4.69, 9.17) is 0 Å². The third-order valence-electron chi connectivity index (χ3n) is 11.4. The lowest BCUT2D eigenvalue weighted by atomic mass is 9.94. The average Bonchev–Trinajstić information content (AvgIpc) is 4.07. The summed E-state index contributed by atoms with van der Waals surface area (Å²) in [7, 11) is 0. The number of rotatable bonds is 11. The lowest BCUT2D eigenvalue weighted by Crippen LogP contribution is -2.44. The van der Waals surface area contributed by atoms with Gasteiger partial charge in [0.15, 0.2) is 0 Å². The summed E-state index contributed by atoms with van der Waals surface area (Å²) in [6.07, 6.45) is -6.77. The molecule has 69 heavy (non-hydrogen) atoms. The Hall–Kier alpha value is -6.74. The zero-order chi connectivity index (χ0) is 48.6. The number of piperidine rings is 2. The summed E-state index contributed by atoms with van der Waals surface area (Å²) in [5, 5.41) is 15.8. The maximum absolute atomic E-state index is 15.0. The molecule has 6 aromatic rings. The van der Waals surface area contributed by atoms with E-state index in [0.717, 1.165) is 25.2 Å². The molecule has 0 unspecified atom stereocenters. The molecule has 366 valence electrons. The molecule has 8 rings (SSSR count). The summed E-state index contributed by atoms with van der Waals surface area (Å²) in [5.74, 6) is -6.05. The van der Waals surface area contributed by atoms with Gasteiger partial charge in [0.05, 0.1) is 13.1 Å². The van der Waals surface area contributed by atoms with Gasteiger partial charge >= 0.3 is 24.1 Å². The van der Waals surface area contributed by atoms with Crippen molar-refractivity contribution in [1.82, 2.24) is 30.6 Å². The molecule has 0 atom stereocenters. The third-order valence-corrected chi connectivity index (χ3v) is 11.4. The number of carbonyl (C=O) groups is 3. The van der Waals surface area contributed by atoms with Crippen molar-refractivity contribution in [3.05, 3.63) is 132 Å². The molecular formula is C47H45ClF8N8O5. The SMILES string of the molecule is CCC(=O)N1CCC(C(=O)N(Cc2ccc(-c3nnc(C(F)(F)F)o3)cc2F)c2ccccc2)CC1.Cl.O=C(C1CCNCC1)N(Cc1ccc(-c2nnc(C(F)(F)F)o2)cc1F)c1ccccc1. The lowest BCUT2D eigenvalue weighted by Gasteiger charge is -2.34. The molecule has 0 bridgehead atoms. The van der Waals surface area contributed by atoms with Crippen LogP contribution in [0.3, 0.4) is 0 Å². The van der Waals surface area contributed by atoms with Gasteiger partial charge in [-0.1, -0.05) is 55.5 Å². The fraction of sp³-hybridized carbons (Fsp3) is 0.340. The lowest BCUT2D eigenvalue weighted by molar-refractivity contribution is -0.157. The third kappa shape index (κ3) is 12.9. The van der Waals surface area contributed by atoms with Gasteiger partial charge in [-0.3, -0.25) is 14.4 Å². The van der Waals surface area contributed by atoms with Gasteiger partial charge < -0.3 is 28.9 Å². The van der Waals surface area contributed by atoms with Crippen LogP contribution in [-0.4, -0.2) is 69.2 Å². The van der Waals surface area contributed by atoms with E-state index >= 15 is 4.39 Å². The highest BCUT2D eigenvalue weighted by atomic mass is 35.5. The summed E-state index contributed by atoms with van der Waals surface area (Å²) in [4.78, 5) is 43.5. The minimum Gasteiger partial charge on any atom is -0.413 e. The molecule has 3 amide bonds. The number of para-hydroxylation sites is 2. The van der Waals surface area contributed by atoms with Gasteiger partial charge in [0.25, 0.3) is 0 Å². The maximum Gasteiger partial charge on any atom is 0.470 e. The van der Waals surface area contributed by atoms with Gasteiger partial charge in [-0.15, -0.1) is 32.8 Å². The smallest absolute Gasteiger partial charge is 0.413 e. The average molecular weight is 989 g/mol. The Bertz CT molecular complexity index is 2670. The minimum absolute atomic E-state index is 0. The predicted octanol–water partition coefficient (Wildman–Crippen LogP) is 9.93. The summed E-state index contributed by atoms with van der Waals surface area (Å²) < 4.78 is 115. The fourth-order valence-electron chi connectivity index (χ4n) is 7.78.